The van der Waals surface area contributed by atoms with Crippen LogP contribution in [-0.2, 0) is 4.79 Å². The predicted octanol–water partition coefficient (Wildman–Crippen LogP) is 2.74. The molecule has 19 heavy (non-hydrogen) atoms. The number of imidazole rings is 1. The molecule has 1 heterocycles. The van der Waals surface area contributed by atoms with E-state index in [4.69, 9.17) is 9.84 Å². The molecule has 2 rings (SSSR count). The third-order valence-corrected chi connectivity index (χ3v) is 2.86. The molecule has 0 spiro atoms. The van der Waals surface area contributed by atoms with Crippen molar-refractivity contribution in [2.75, 3.05) is 7.11 Å². The average molecular weight is 323 g/mol. The summed E-state index contributed by atoms with van der Waals surface area (Å²) < 4.78 is 7.85. The summed E-state index contributed by atoms with van der Waals surface area (Å²) in [5, 5.41) is 8.60. The Balaban J connectivity index is 2.39. The van der Waals surface area contributed by atoms with Crippen LogP contribution in [0.5, 0.6) is 5.75 Å². The molecule has 0 unspecified atom stereocenters. The molecule has 0 saturated heterocycles. The number of hydrogen-bond acceptors (Lipinski definition) is 3. The molecule has 0 aliphatic rings. The molecular weight excluding hydrogens is 312 g/mol. The highest BCUT2D eigenvalue weighted by molar-refractivity contribution is 9.10. The summed E-state index contributed by atoms with van der Waals surface area (Å²) in [6.07, 6.45) is 6.07. The molecule has 0 aliphatic heterocycles. The van der Waals surface area contributed by atoms with Crippen LogP contribution in [0.3, 0.4) is 0 Å². The van der Waals surface area contributed by atoms with Gasteiger partial charge in [-0.1, -0.05) is 6.07 Å². The largest absolute Gasteiger partial charge is 0.495 e. The first-order valence-corrected chi connectivity index (χ1v) is 6.18. The molecule has 98 valence electrons. The molecule has 0 bridgehead atoms. The normalized spacial score (nSPS) is 10.8. The van der Waals surface area contributed by atoms with Gasteiger partial charge in [0.05, 0.1) is 12.8 Å². The Morgan fingerprint density at radius 2 is 2.32 bits per heavy atom. The quantitative estimate of drug-likeness (QED) is 0.879. The van der Waals surface area contributed by atoms with Gasteiger partial charge in [-0.3, -0.25) is 0 Å². The first-order valence-electron chi connectivity index (χ1n) is 5.39. The van der Waals surface area contributed by atoms with Crippen LogP contribution >= 0.6 is 15.9 Å². The second-order valence-electron chi connectivity index (χ2n) is 3.71. The fourth-order valence-corrected chi connectivity index (χ4v) is 1.92. The van der Waals surface area contributed by atoms with Crippen molar-refractivity contribution in [2.24, 2.45) is 0 Å². The number of carboxylic acid groups (broad SMARTS) is 1. The number of halogens is 1. The van der Waals surface area contributed by atoms with Crippen LogP contribution < -0.4 is 4.74 Å². The van der Waals surface area contributed by atoms with E-state index in [-0.39, 0.29) is 0 Å². The number of ether oxygens (including phenoxy) is 1. The zero-order valence-corrected chi connectivity index (χ0v) is 11.7. The van der Waals surface area contributed by atoms with Gasteiger partial charge in [-0.2, -0.15) is 0 Å². The Bertz CT molecular complexity index is 635. The Labute approximate surface area is 118 Å². The van der Waals surface area contributed by atoms with Crippen molar-refractivity contribution in [1.29, 1.82) is 0 Å². The maximum absolute atomic E-state index is 10.5. The number of aromatic nitrogens is 2. The molecule has 1 aromatic heterocycles. The van der Waals surface area contributed by atoms with Crippen molar-refractivity contribution < 1.29 is 14.6 Å². The monoisotopic (exact) mass is 322 g/mol. The highest BCUT2D eigenvalue weighted by Crippen LogP contribution is 2.25. The van der Waals surface area contributed by atoms with E-state index in [0.29, 0.717) is 5.75 Å². The summed E-state index contributed by atoms with van der Waals surface area (Å²) in [5.41, 5.74) is 1.58. The van der Waals surface area contributed by atoms with Gasteiger partial charge < -0.3 is 14.4 Å². The van der Waals surface area contributed by atoms with Gasteiger partial charge in [0.15, 0.2) is 0 Å². The van der Waals surface area contributed by atoms with E-state index in [1.165, 1.54) is 6.08 Å². The maximum atomic E-state index is 10.5. The van der Waals surface area contributed by atoms with E-state index in [0.717, 1.165) is 21.9 Å². The number of rotatable bonds is 4. The Kier molecular flexibility index (Phi) is 4.01. The first-order chi connectivity index (χ1) is 9.10. The number of hydrogen-bond donors (Lipinski definition) is 1. The number of benzene rings is 1. The first kappa shape index (κ1) is 13.4. The lowest BCUT2D eigenvalue weighted by Gasteiger charge is -2.09. The van der Waals surface area contributed by atoms with Crippen molar-refractivity contribution in [3.63, 3.8) is 0 Å². The van der Waals surface area contributed by atoms with Crippen LogP contribution in [0.1, 0.15) is 5.56 Å². The number of carboxylic acids is 1. The summed E-state index contributed by atoms with van der Waals surface area (Å²) in [6.45, 7) is 0. The minimum atomic E-state index is -0.985. The van der Waals surface area contributed by atoms with Gasteiger partial charge in [0.25, 0.3) is 0 Å². The predicted molar refractivity (Wildman–Crippen MR) is 74.5 cm³/mol. The second-order valence-corrected chi connectivity index (χ2v) is 4.52. The Morgan fingerprint density at radius 3 is 2.89 bits per heavy atom. The summed E-state index contributed by atoms with van der Waals surface area (Å²) in [6, 6.07) is 5.42. The van der Waals surface area contributed by atoms with Crippen LogP contribution in [0.4, 0.5) is 0 Å². The van der Waals surface area contributed by atoms with E-state index in [2.05, 4.69) is 20.9 Å². The molecule has 0 saturated carbocycles. The molecular formula is C13H11BrN2O3. The number of aliphatic carboxylic acids is 1. The molecule has 5 nitrogen and oxygen atoms in total. The van der Waals surface area contributed by atoms with E-state index in [1.54, 1.807) is 19.5 Å². The van der Waals surface area contributed by atoms with E-state index in [1.807, 2.05) is 22.9 Å². The summed E-state index contributed by atoms with van der Waals surface area (Å²) >= 11 is 3.28. The number of carbonyl (C=O) groups is 1. The molecule has 1 aromatic carbocycles. The maximum Gasteiger partial charge on any atom is 0.328 e. The fraction of sp³-hybridized carbons (Fsp3) is 0.0769. The molecule has 0 amide bonds. The molecule has 6 heteroatoms. The van der Waals surface area contributed by atoms with Gasteiger partial charge in [0, 0.05) is 12.3 Å². The zero-order valence-electron chi connectivity index (χ0n) is 10.1. The van der Waals surface area contributed by atoms with Gasteiger partial charge in [-0.15, -0.1) is 0 Å². The SMILES string of the molecule is COc1cc(/C=C/C(=O)O)ccc1-n1cnc(Br)c1. The molecule has 0 atom stereocenters. The summed E-state index contributed by atoms with van der Waals surface area (Å²) in [4.78, 5) is 14.6. The van der Waals surface area contributed by atoms with Crippen LogP contribution in [0.25, 0.3) is 11.8 Å². The van der Waals surface area contributed by atoms with Crippen LogP contribution in [0.2, 0.25) is 0 Å². The minimum Gasteiger partial charge on any atom is -0.495 e. The van der Waals surface area contributed by atoms with Crippen LogP contribution in [0.15, 0.2) is 41.4 Å². The lowest BCUT2D eigenvalue weighted by Crippen LogP contribution is -1.96. The topological polar surface area (TPSA) is 64.3 Å². The fourth-order valence-electron chi connectivity index (χ4n) is 1.61. The standard InChI is InChI=1S/C13H11BrN2O3/c1-19-11-6-9(3-5-13(17)18)2-4-10(11)16-7-12(14)15-8-16/h2-8H,1H3,(H,17,18)/b5-3+. The number of methoxy groups -OCH3 is 1. The molecule has 0 fully saturated rings. The van der Waals surface area contributed by atoms with Crippen LogP contribution in [0, 0.1) is 0 Å². The van der Waals surface area contributed by atoms with Crippen molar-refractivity contribution in [2.45, 2.75) is 0 Å². The zero-order chi connectivity index (χ0) is 13.8. The van der Waals surface area contributed by atoms with Gasteiger partial charge in [-0.05, 0) is 39.7 Å². The Morgan fingerprint density at radius 1 is 1.53 bits per heavy atom. The van der Waals surface area contributed by atoms with E-state index in [9.17, 15) is 4.79 Å². The molecule has 0 radical (unpaired) electrons. The highest BCUT2D eigenvalue weighted by Gasteiger charge is 2.06. The lowest BCUT2D eigenvalue weighted by atomic mass is 10.1. The third kappa shape index (κ3) is 3.23. The Hall–Kier alpha value is -2.08. The van der Waals surface area contributed by atoms with Crippen molar-refractivity contribution >= 4 is 28.0 Å². The number of nitrogens with zero attached hydrogens (tertiary/aromatic N) is 2. The van der Waals surface area contributed by atoms with Crippen molar-refractivity contribution in [1.82, 2.24) is 9.55 Å². The van der Waals surface area contributed by atoms with Crippen LogP contribution in [-0.4, -0.2) is 27.7 Å². The molecule has 1 N–H and O–H groups in total. The second kappa shape index (κ2) is 5.71. The van der Waals surface area contributed by atoms with E-state index < -0.39 is 5.97 Å². The third-order valence-electron chi connectivity index (χ3n) is 2.45. The smallest absolute Gasteiger partial charge is 0.328 e. The minimum absolute atomic E-state index is 0.637. The van der Waals surface area contributed by atoms with Crippen molar-refractivity contribution in [3.8, 4) is 11.4 Å². The van der Waals surface area contributed by atoms with Gasteiger partial charge in [-0.25, -0.2) is 9.78 Å². The van der Waals surface area contributed by atoms with Gasteiger partial charge >= 0.3 is 5.97 Å². The molecule has 2 aromatic rings. The highest BCUT2D eigenvalue weighted by atomic mass is 79.9. The molecule has 0 aliphatic carbocycles. The van der Waals surface area contributed by atoms with Gasteiger partial charge in [0.2, 0.25) is 0 Å². The van der Waals surface area contributed by atoms with Gasteiger partial charge in [0.1, 0.15) is 16.7 Å². The van der Waals surface area contributed by atoms with E-state index >= 15 is 0 Å². The lowest BCUT2D eigenvalue weighted by molar-refractivity contribution is -0.131. The summed E-state index contributed by atoms with van der Waals surface area (Å²) in [5.74, 6) is -0.348. The van der Waals surface area contributed by atoms with Crippen molar-refractivity contribution in [3.05, 3.63) is 47.0 Å². The average Bonchev–Trinajstić information content (AvgIpc) is 2.82. The summed E-state index contributed by atoms with van der Waals surface area (Å²) in [7, 11) is 1.56.